The molecule has 0 aromatic rings. The zero-order valence-corrected chi connectivity index (χ0v) is 14.9. The molecule has 0 radical (unpaired) electrons. The number of carbonyl (C=O) groups excluding carboxylic acids is 1. The smallest absolute Gasteiger partial charge is 0.410 e. The summed E-state index contributed by atoms with van der Waals surface area (Å²) in [6.07, 6.45) is 4.46. The number of hydrogen-bond donors (Lipinski definition) is 1. The van der Waals surface area contributed by atoms with Crippen LogP contribution in [-0.4, -0.2) is 48.9 Å². The highest BCUT2D eigenvalue weighted by Gasteiger charge is 2.28. The van der Waals surface area contributed by atoms with Gasteiger partial charge in [-0.2, -0.15) is 0 Å². The van der Waals surface area contributed by atoms with Crippen molar-refractivity contribution in [1.29, 1.82) is 0 Å². The quantitative estimate of drug-likeness (QED) is 0.854. The molecular formula is C18H33FN2O2. The molecule has 134 valence electrons. The van der Waals surface area contributed by atoms with E-state index in [1.807, 2.05) is 20.8 Å². The number of rotatable bonds is 4. The van der Waals surface area contributed by atoms with E-state index in [4.69, 9.17) is 4.74 Å². The molecule has 1 atom stereocenters. The minimum Gasteiger partial charge on any atom is -0.444 e. The number of likely N-dealkylation sites (tertiary alicyclic amines) is 1. The first-order chi connectivity index (χ1) is 10.8. The predicted molar refractivity (Wildman–Crippen MR) is 90.3 cm³/mol. The summed E-state index contributed by atoms with van der Waals surface area (Å²) >= 11 is 0. The van der Waals surface area contributed by atoms with E-state index in [0.29, 0.717) is 37.8 Å². The van der Waals surface area contributed by atoms with Crippen LogP contribution in [0.15, 0.2) is 0 Å². The maximum absolute atomic E-state index is 14.3. The molecule has 2 fully saturated rings. The van der Waals surface area contributed by atoms with Gasteiger partial charge in [0.1, 0.15) is 11.8 Å². The highest BCUT2D eigenvalue weighted by molar-refractivity contribution is 5.68. The van der Waals surface area contributed by atoms with E-state index in [2.05, 4.69) is 5.32 Å². The normalized spacial score (nSPS) is 22.9. The molecule has 0 spiro atoms. The molecule has 2 aliphatic rings. The molecule has 4 nitrogen and oxygen atoms in total. The summed E-state index contributed by atoms with van der Waals surface area (Å²) in [6, 6.07) is 0. The van der Waals surface area contributed by atoms with E-state index >= 15 is 0 Å². The lowest BCUT2D eigenvalue weighted by Gasteiger charge is -2.34. The Kier molecular flexibility index (Phi) is 6.69. The van der Waals surface area contributed by atoms with Crippen LogP contribution in [-0.2, 0) is 4.74 Å². The summed E-state index contributed by atoms with van der Waals surface area (Å²) in [6.45, 7) is 9.10. The van der Waals surface area contributed by atoms with Crippen LogP contribution in [0, 0.1) is 11.8 Å². The van der Waals surface area contributed by atoms with Gasteiger partial charge in [-0.05, 0) is 84.2 Å². The van der Waals surface area contributed by atoms with Gasteiger partial charge in [-0.1, -0.05) is 0 Å². The SMILES string of the molecule is CC(C)(C)OC(=O)N1CCC(CC(F)CC2CCNCC2)CC1. The number of alkyl halides is 1. The Morgan fingerprint density at radius 1 is 1.13 bits per heavy atom. The van der Waals surface area contributed by atoms with Crippen molar-refractivity contribution in [3.63, 3.8) is 0 Å². The van der Waals surface area contributed by atoms with Crippen LogP contribution in [0.4, 0.5) is 9.18 Å². The Morgan fingerprint density at radius 2 is 1.65 bits per heavy atom. The topological polar surface area (TPSA) is 41.6 Å². The third kappa shape index (κ3) is 6.66. The molecule has 0 bridgehead atoms. The molecule has 0 saturated carbocycles. The van der Waals surface area contributed by atoms with Gasteiger partial charge in [0.2, 0.25) is 0 Å². The first-order valence-electron chi connectivity index (χ1n) is 9.16. The van der Waals surface area contributed by atoms with Gasteiger partial charge in [-0.3, -0.25) is 0 Å². The molecule has 2 rings (SSSR count). The fourth-order valence-electron chi connectivity index (χ4n) is 3.61. The van der Waals surface area contributed by atoms with E-state index in [-0.39, 0.29) is 6.09 Å². The summed E-state index contributed by atoms with van der Waals surface area (Å²) in [5, 5.41) is 3.33. The fraction of sp³-hybridized carbons (Fsp3) is 0.944. The number of hydrogen-bond acceptors (Lipinski definition) is 3. The van der Waals surface area contributed by atoms with Crippen LogP contribution in [0.3, 0.4) is 0 Å². The number of halogens is 1. The van der Waals surface area contributed by atoms with Crippen LogP contribution in [0.2, 0.25) is 0 Å². The van der Waals surface area contributed by atoms with Crippen molar-refractivity contribution >= 4 is 6.09 Å². The van der Waals surface area contributed by atoms with Crippen LogP contribution < -0.4 is 5.32 Å². The lowest BCUT2D eigenvalue weighted by atomic mass is 9.86. The molecule has 0 aliphatic carbocycles. The molecule has 2 heterocycles. The molecule has 2 aliphatic heterocycles. The van der Waals surface area contributed by atoms with E-state index in [1.54, 1.807) is 4.90 Å². The standard InChI is InChI=1S/C18H33FN2O2/c1-18(2,3)23-17(22)21-10-6-15(7-11-21)13-16(19)12-14-4-8-20-9-5-14/h14-16,20H,4-13H2,1-3H3. The summed E-state index contributed by atoms with van der Waals surface area (Å²) in [7, 11) is 0. The average Bonchev–Trinajstić information content (AvgIpc) is 2.47. The van der Waals surface area contributed by atoms with Crippen molar-refractivity contribution in [3.05, 3.63) is 0 Å². The highest BCUT2D eigenvalue weighted by Crippen LogP contribution is 2.28. The monoisotopic (exact) mass is 328 g/mol. The van der Waals surface area contributed by atoms with E-state index < -0.39 is 11.8 Å². The van der Waals surface area contributed by atoms with Crippen molar-refractivity contribution in [1.82, 2.24) is 10.2 Å². The third-order valence-electron chi connectivity index (χ3n) is 4.90. The highest BCUT2D eigenvalue weighted by atomic mass is 19.1. The molecular weight excluding hydrogens is 295 g/mol. The molecule has 1 unspecified atom stereocenters. The predicted octanol–water partition coefficient (Wildman–Crippen LogP) is 3.75. The van der Waals surface area contributed by atoms with E-state index in [0.717, 1.165) is 38.8 Å². The molecule has 23 heavy (non-hydrogen) atoms. The third-order valence-corrected chi connectivity index (χ3v) is 4.90. The van der Waals surface area contributed by atoms with Crippen molar-refractivity contribution in [2.24, 2.45) is 11.8 Å². The van der Waals surface area contributed by atoms with Gasteiger partial charge in [0.05, 0.1) is 0 Å². The first-order valence-corrected chi connectivity index (χ1v) is 9.16. The van der Waals surface area contributed by atoms with Crippen molar-refractivity contribution in [2.75, 3.05) is 26.2 Å². The molecule has 0 aromatic carbocycles. The Morgan fingerprint density at radius 3 is 2.17 bits per heavy atom. The van der Waals surface area contributed by atoms with Gasteiger partial charge < -0.3 is 15.0 Å². The summed E-state index contributed by atoms with van der Waals surface area (Å²) < 4.78 is 19.7. The van der Waals surface area contributed by atoms with Crippen molar-refractivity contribution in [3.8, 4) is 0 Å². The summed E-state index contributed by atoms with van der Waals surface area (Å²) in [5.41, 5.74) is -0.452. The van der Waals surface area contributed by atoms with Crippen LogP contribution in [0.1, 0.15) is 59.3 Å². The van der Waals surface area contributed by atoms with Crippen molar-refractivity contribution < 1.29 is 13.9 Å². The minimum absolute atomic E-state index is 0.234. The molecule has 1 amide bonds. The number of nitrogens with one attached hydrogen (secondary N) is 1. The lowest BCUT2D eigenvalue weighted by Crippen LogP contribution is -2.42. The zero-order chi connectivity index (χ0) is 16.9. The van der Waals surface area contributed by atoms with Crippen molar-refractivity contribution in [2.45, 2.75) is 71.1 Å². The van der Waals surface area contributed by atoms with Gasteiger partial charge in [0.15, 0.2) is 0 Å². The largest absolute Gasteiger partial charge is 0.444 e. The second kappa shape index (κ2) is 8.32. The second-order valence-electron chi connectivity index (χ2n) is 8.17. The van der Waals surface area contributed by atoms with Gasteiger partial charge in [-0.25, -0.2) is 9.18 Å². The average molecular weight is 328 g/mol. The lowest BCUT2D eigenvalue weighted by molar-refractivity contribution is 0.0171. The van der Waals surface area contributed by atoms with Crippen LogP contribution in [0.5, 0.6) is 0 Å². The second-order valence-corrected chi connectivity index (χ2v) is 8.17. The summed E-state index contributed by atoms with van der Waals surface area (Å²) in [4.78, 5) is 13.8. The zero-order valence-electron chi connectivity index (χ0n) is 14.9. The number of ether oxygens (including phenoxy) is 1. The van der Waals surface area contributed by atoms with Crippen LogP contribution in [0.25, 0.3) is 0 Å². The molecule has 0 aromatic heterocycles. The van der Waals surface area contributed by atoms with Gasteiger partial charge in [0, 0.05) is 13.1 Å². The Hall–Kier alpha value is -0.840. The van der Waals surface area contributed by atoms with Gasteiger partial charge in [-0.15, -0.1) is 0 Å². The van der Waals surface area contributed by atoms with E-state index in [1.165, 1.54) is 0 Å². The number of piperidine rings is 2. The van der Waals surface area contributed by atoms with Crippen LogP contribution >= 0.6 is 0 Å². The maximum atomic E-state index is 14.3. The van der Waals surface area contributed by atoms with Gasteiger partial charge >= 0.3 is 6.09 Å². The van der Waals surface area contributed by atoms with Gasteiger partial charge in [0.25, 0.3) is 0 Å². The number of carbonyl (C=O) groups is 1. The minimum atomic E-state index is -0.684. The maximum Gasteiger partial charge on any atom is 0.410 e. The van der Waals surface area contributed by atoms with E-state index in [9.17, 15) is 9.18 Å². The number of nitrogens with zero attached hydrogens (tertiary/aromatic N) is 1. The first kappa shape index (κ1) is 18.5. The summed E-state index contributed by atoms with van der Waals surface area (Å²) in [5.74, 6) is 0.957. The molecule has 2 saturated heterocycles. The Bertz CT molecular complexity index is 370. The Labute approximate surface area is 140 Å². The fourth-order valence-corrected chi connectivity index (χ4v) is 3.61. The number of amides is 1. The molecule has 1 N–H and O–H groups in total. The Balaban J connectivity index is 1.66. The molecule has 5 heteroatoms.